The zero-order valence-electron chi connectivity index (χ0n) is 19.4. The lowest BCUT2D eigenvalue weighted by Gasteiger charge is -2.25. The molecule has 0 bridgehead atoms. The zero-order chi connectivity index (χ0) is 22.2. The maximum absolute atomic E-state index is 12.8. The second-order valence-corrected chi connectivity index (χ2v) is 8.91. The second-order valence-electron chi connectivity index (χ2n) is 7.34. The molecule has 30 heavy (non-hydrogen) atoms. The molecule has 0 saturated carbocycles. The Morgan fingerprint density at radius 1 is 0.867 bits per heavy atom. The molecule has 0 saturated heterocycles. The van der Waals surface area contributed by atoms with Gasteiger partial charge in [0.05, 0.1) is 6.54 Å². The van der Waals surface area contributed by atoms with E-state index >= 15 is 0 Å². The molecule has 172 valence electrons. The molecule has 2 amide bonds. The molecule has 0 heterocycles. The predicted molar refractivity (Wildman–Crippen MR) is 127 cm³/mol. The summed E-state index contributed by atoms with van der Waals surface area (Å²) in [4.78, 5) is 20.2. The van der Waals surface area contributed by atoms with Crippen molar-refractivity contribution in [3.8, 4) is 0 Å². The Bertz CT molecular complexity index is 553. The van der Waals surface area contributed by atoms with E-state index in [4.69, 9.17) is 0 Å². The van der Waals surface area contributed by atoms with Crippen LogP contribution in [0.4, 0.5) is 4.79 Å². The monoisotopic (exact) mass is 438 g/mol. The Hall–Kier alpha value is -1.28. The first-order valence-corrected chi connectivity index (χ1v) is 12.8. The number of hydrogen-bond donors (Lipinski definition) is 1. The van der Waals surface area contributed by atoms with Crippen molar-refractivity contribution in [3.63, 3.8) is 0 Å². The summed E-state index contributed by atoms with van der Waals surface area (Å²) in [7, 11) is 0. The van der Waals surface area contributed by atoms with E-state index in [9.17, 15) is 9.35 Å². The van der Waals surface area contributed by atoms with Gasteiger partial charge in [-0.3, -0.25) is 0 Å². The first-order valence-electron chi connectivity index (χ1n) is 11.5. The zero-order valence-corrected chi connectivity index (χ0v) is 20.3. The number of carbonyl (C=O) groups excluding carboxylic acids is 1. The van der Waals surface area contributed by atoms with Gasteiger partial charge >= 0.3 is 6.03 Å². The number of urea groups is 1. The van der Waals surface area contributed by atoms with Gasteiger partial charge in [-0.25, -0.2) is 4.79 Å². The Morgan fingerprint density at radius 3 is 2.00 bits per heavy atom. The lowest BCUT2D eigenvalue weighted by Crippen LogP contribution is -2.44. The number of nitrogens with one attached hydrogen (secondary N) is 1. The number of rotatable bonds is 16. The number of hydrogen-bond acceptors (Lipinski definition) is 4. The smallest absolute Gasteiger partial charge is 0.317 e. The standard InChI is InChI=1S/C23H42N4O2S/c1-5-25(6-2)17-12-16-24-23(28)27(19-13-18-26(7-3)8-4)20-21-30(29)22-14-10-9-11-15-22/h9-11,14-15H,5-8,12-13,16-21H2,1-4H3,(H,24,28). The third-order valence-electron chi connectivity index (χ3n) is 5.46. The van der Waals surface area contributed by atoms with Gasteiger partial charge in [-0.1, -0.05) is 45.9 Å². The maximum atomic E-state index is 12.8. The molecule has 0 aliphatic rings. The van der Waals surface area contributed by atoms with E-state index in [2.05, 4.69) is 42.8 Å². The van der Waals surface area contributed by atoms with Crippen LogP contribution in [0, 0.1) is 0 Å². The van der Waals surface area contributed by atoms with Crippen LogP contribution in [0.1, 0.15) is 40.5 Å². The minimum absolute atomic E-state index is 0.0424. The Kier molecular flexibility index (Phi) is 14.6. The highest BCUT2D eigenvalue weighted by molar-refractivity contribution is 7.91. The summed E-state index contributed by atoms with van der Waals surface area (Å²) in [6.45, 7) is 16.6. The summed E-state index contributed by atoms with van der Waals surface area (Å²) in [6, 6.07) is 9.45. The van der Waals surface area contributed by atoms with Gasteiger partial charge in [0.1, 0.15) is 5.75 Å². The van der Waals surface area contributed by atoms with Crippen molar-refractivity contribution in [2.45, 2.75) is 45.4 Å². The van der Waals surface area contributed by atoms with Gasteiger partial charge in [-0.15, -0.1) is 0 Å². The molecular formula is C23H42N4O2S. The molecule has 0 fully saturated rings. The second kappa shape index (κ2) is 16.4. The van der Waals surface area contributed by atoms with Crippen LogP contribution in [0.3, 0.4) is 0 Å². The van der Waals surface area contributed by atoms with E-state index in [1.54, 1.807) is 0 Å². The first-order chi connectivity index (χ1) is 14.5. The van der Waals surface area contributed by atoms with Crippen LogP contribution in [0.2, 0.25) is 0 Å². The van der Waals surface area contributed by atoms with Crippen molar-refractivity contribution < 1.29 is 9.35 Å². The Morgan fingerprint density at radius 2 is 1.43 bits per heavy atom. The first kappa shape index (κ1) is 26.8. The molecule has 0 spiro atoms. The Labute approximate surface area is 187 Å². The molecule has 0 radical (unpaired) electrons. The minimum atomic E-state index is -1.09. The molecular weight excluding hydrogens is 396 g/mol. The number of carbonyl (C=O) groups is 1. The highest BCUT2D eigenvalue weighted by Gasteiger charge is 2.18. The van der Waals surface area contributed by atoms with E-state index < -0.39 is 11.2 Å². The van der Waals surface area contributed by atoms with Crippen LogP contribution in [-0.4, -0.2) is 89.9 Å². The van der Waals surface area contributed by atoms with E-state index in [1.165, 1.54) is 0 Å². The van der Waals surface area contributed by atoms with Crippen molar-refractivity contribution in [1.82, 2.24) is 20.0 Å². The minimum Gasteiger partial charge on any atom is -0.611 e. The third-order valence-corrected chi connectivity index (χ3v) is 6.81. The lowest BCUT2D eigenvalue weighted by atomic mass is 10.3. The van der Waals surface area contributed by atoms with Gasteiger partial charge in [0.15, 0.2) is 4.90 Å². The summed E-state index contributed by atoms with van der Waals surface area (Å²) in [5, 5.41) is 3.06. The molecule has 7 heteroatoms. The van der Waals surface area contributed by atoms with Gasteiger partial charge in [0.25, 0.3) is 0 Å². The average Bonchev–Trinajstić information content (AvgIpc) is 2.79. The molecule has 1 aromatic carbocycles. The van der Waals surface area contributed by atoms with Gasteiger partial charge in [0.2, 0.25) is 0 Å². The molecule has 1 rings (SSSR count). The molecule has 1 atom stereocenters. The summed E-state index contributed by atoms with van der Waals surface area (Å²) in [6.07, 6.45) is 1.86. The molecule has 1 N–H and O–H groups in total. The topological polar surface area (TPSA) is 61.9 Å². The number of nitrogens with zero attached hydrogens (tertiary/aromatic N) is 3. The van der Waals surface area contributed by atoms with Crippen molar-refractivity contribution in [2.24, 2.45) is 0 Å². The fourth-order valence-corrected chi connectivity index (χ4v) is 4.46. The molecule has 1 aromatic rings. The predicted octanol–water partition coefficient (Wildman–Crippen LogP) is 3.27. The van der Waals surface area contributed by atoms with Crippen molar-refractivity contribution in [3.05, 3.63) is 30.3 Å². The van der Waals surface area contributed by atoms with E-state index in [-0.39, 0.29) is 6.03 Å². The third kappa shape index (κ3) is 10.7. The van der Waals surface area contributed by atoms with Crippen LogP contribution < -0.4 is 5.32 Å². The average molecular weight is 439 g/mol. The van der Waals surface area contributed by atoms with Gasteiger partial charge in [-0.05, 0) is 75.4 Å². The van der Waals surface area contributed by atoms with Gasteiger partial charge in [-0.2, -0.15) is 0 Å². The molecule has 0 aromatic heterocycles. The highest BCUT2D eigenvalue weighted by Crippen LogP contribution is 2.10. The Balaban J connectivity index is 2.54. The molecule has 0 aliphatic heterocycles. The van der Waals surface area contributed by atoms with Crippen molar-refractivity contribution in [1.29, 1.82) is 0 Å². The summed E-state index contributed by atoms with van der Waals surface area (Å²) in [5.41, 5.74) is 0. The molecule has 0 aliphatic carbocycles. The fraction of sp³-hybridized carbons (Fsp3) is 0.696. The van der Waals surface area contributed by atoms with Crippen LogP contribution >= 0.6 is 0 Å². The normalized spacial score (nSPS) is 12.4. The van der Waals surface area contributed by atoms with Crippen LogP contribution in [0.5, 0.6) is 0 Å². The van der Waals surface area contributed by atoms with E-state index in [0.29, 0.717) is 25.4 Å². The van der Waals surface area contributed by atoms with Crippen LogP contribution in [-0.2, 0) is 11.2 Å². The maximum Gasteiger partial charge on any atom is 0.317 e. The fourth-order valence-electron chi connectivity index (χ4n) is 3.37. The SMILES string of the molecule is CCN(CC)CCCNC(=O)N(CCCN(CC)CC)CC[S+]([O-])c1ccccc1. The van der Waals surface area contributed by atoms with Gasteiger partial charge < -0.3 is 24.6 Å². The summed E-state index contributed by atoms with van der Waals surface area (Å²) in [5.74, 6) is 0.460. The van der Waals surface area contributed by atoms with E-state index in [0.717, 1.165) is 57.0 Å². The highest BCUT2D eigenvalue weighted by atomic mass is 32.2. The van der Waals surface area contributed by atoms with Crippen LogP contribution in [0.15, 0.2) is 35.2 Å². The lowest BCUT2D eigenvalue weighted by molar-refractivity contribution is 0.194. The largest absolute Gasteiger partial charge is 0.611 e. The number of amides is 2. The summed E-state index contributed by atoms with van der Waals surface area (Å²) >= 11 is -1.09. The van der Waals surface area contributed by atoms with Crippen LogP contribution in [0.25, 0.3) is 0 Å². The quantitative estimate of drug-likeness (QED) is 0.318. The van der Waals surface area contributed by atoms with Crippen molar-refractivity contribution in [2.75, 3.05) is 64.7 Å². The number of benzene rings is 1. The van der Waals surface area contributed by atoms with Gasteiger partial charge in [0, 0.05) is 13.1 Å². The van der Waals surface area contributed by atoms with Crippen molar-refractivity contribution >= 4 is 17.2 Å². The van der Waals surface area contributed by atoms with E-state index in [1.807, 2.05) is 35.2 Å². The molecule has 6 nitrogen and oxygen atoms in total. The summed E-state index contributed by atoms with van der Waals surface area (Å²) < 4.78 is 12.6. The molecule has 1 unspecified atom stereocenters.